The van der Waals surface area contributed by atoms with Crippen molar-refractivity contribution in [3.8, 4) is 11.1 Å². The van der Waals surface area contributed by atoms with Crippen LogP contribution in [0.2, 0.25) is 0 Å². The lowest BCUT2D eigenvalue weighted by Gasteiger charge is -2.19. The normalized spacial score (nSPS) is 13.9. The number of carboxylic acid groups (broad SMARTS) is 1. The predicted molar refractivity (Wildman–Crippen MR) is 155 cm³/mol. The van der Waals surface area contributed by atoms with Crippen molar-refractivity contribution in [2.75, 3.05) is 5.32 Å². The largest absolute Gasteiger partial charge is 0.480 e. The Bertz CT molecular complexity index is 1740. The highest BCUT2D eigenvalue weighted by Crippen LogP contribution is 2.34. The second kappa shape index (κ2) is 11.7. The molecule has 42 heavy (non-hydrogen) atoms. The number of aryl methyl sites for hydroxylation is 1. The molecule has 5 rings (SSSR count). The first-order valence-electron chi connectivity index (χ1n) is 13.7. The predicted octanol–water partition coefficient (Wildman–Crippen LogP) is 5.15. The van der Waals surface area contributed by atoms with Crippen LogP contribution in [0.3, 0.4) is 0 Å². The number of carbonyl (C=O) groups is 2. The van der Waals surface area contributed by atoms with E-state index in [2.05, 4.69) is 10.6 Å². The Morgan fingerprint density at radius 2 is 1.71 bits per heavy atom. The molecule has 0 unspecified atom stereocenters. The number of aliphatic carboxylic acids is 1. The molecule has 0 spiro atoms. The van der Waals surface area contributed by atoms with Gasteiger partial charge in [-0.15, -0.1) is 0 Å². The number of rotatable bonds is 9. The maximum atomic E-state index is 14.8. The number of nitrogens with one attached hydrogen (secondary N) is 2. The second-order valence-corrected chi connectivity index (χ2v) is 10.5. The third-order valence-electron chi connectivity index (χ3n) is 7.77. The van der Waals surface area contributed by atoms with E-state index in [1.54, 1.807) is 23.7 Å². The van der Waals surface area contributed by atoms with E-state index in [0.29, 0.717) is 16.7 Å². The van der Waals surface area contributed by atoms with E-state index in [0.717, 1.165) is 40.6 Å². The number of anilines is 1. The molecule has 0 bridgehead atoms. The quantitative estimate of drug-likeness (QED) is 0.255. The van der Waals surface area contributed by atoms with Gasteiger partial charge < -0.3 is 25.0 Å². The zero-order chi connectivity index (χ0) is 30.1. The number of amides is 1. The van der Waals surface area contributed by atoms with Gasteiger partial charge in [-0.3, -0.25) is 9.59 Å². The molecule has 0 aliphatic carbocycles. The number of fused-ring (bicyclic) bond motifs is 2. The standard InChI is InChI=1S/C32H31F2N3O5/c1-4-17(2)35-20-13-25(33)29(26(34)14-20)30(38)36-27(32(40)41)12-18-9-10-21(24-16-42-15-23(18)24)22-11-19-7-5-6-8-28(19)37(3)31(22)39/h5-11,13-14,17,27,35H,4,12,15-16H2,1-3H3,(H,36,38)(H,40,41)/t17-,27-/m0/s1. The van der Waals surface area contributed by atoms with Gasteiger partial charge >= 0.3 is 5.97 Å². The molecule has 10 heteroatoms. The molecule has 8 nitrogen and oxygen atoms in total. The summed E-state index contributed by atoms with van der Waals surface area (Å²) in [5, 5.41) is 16.0. The first kappa shape index (κ1) is 28.9. The summed E-state index contributed by atoms with van der Waals surface area (Å²) in [7, 11) is 1.71. The molecule has 0 radical (unpaired) electrons. The van der Waals surface area contributed by atoms with Gasteiger partial charge in [0.05, 0.1) is 18.7 Å². The highest BCUT2D eigenvalue weighted by Gasteiger charge is 2.29. The molecule has 3 N–H and O–H groups in total. The van der Waals surface area contributed by atoms with Gasteiger partial charge in [0.15, 0.2) is 0 Å². The molecule has 2 atom stereocenters. The second-order valence-electron chi connectivity index (χ2n) is 10.5. The van der Waals surface area contributed by atoms with Crippen LogP contribution in [0, 0.1) is 11.6 Å². The zero-order valence-electron chi connectivity index (χ0n) is 23.5. The summed E-state index contributed by atoms with van der Waals surface area (Å²) in [4.78, 5) is 38.3. The molecule has 1 amide bonds. The molecular formula is C32H31F2N3O5. The molecular weight excluding hydrogens is 544 g/mol. The van der Waals surface area contributed by atoms with Crippen molar-refractivity contribution >= 4 is 28.5 Å². The molecule has 1 aromatic heterocycles. The Kier molecular flexibility index (Phi) is 8.08. The summed E-state index contributed by atoms with van der Waals surface area (Å²) in [6, 6.07) is 13.3. The molecule has 4 aromatic rings. The van der Waals surface area contributed by atoms with E-state index in [1.165, 1.54) is 0 Å². The Labute approximate surface area is 240 Å². The van der Waals surface area contributed by atoms with Crippen LogP contribution < -0.4 is 16.2 Å². The van der Waals surface area contributed by atoms with E-state index in [4.69, 9.17) is 4.74 Å². The summed E-state index contributed by atoms with van der Waals surface area (Å²) < 4.78 is 36.9. The number of ether oxygens (including phenoxy) is 1. The third kappa shape index (κ3) is 5.49. The lowest BCUT2D eigenvalue weighted by Crippen LogP contribution is -2.43. The topological polar surface area (TPSA) is 110 Å². The number of pyridine rings is 1. The summed E-state index contributed by atoms with van der Waals surface area (Å²) in [5.74, 6) is -4.73. The summed E-state index contributed by atoms with van der Waals surface area (Å²) in [6.45, 7) is 4.19. The van der Waals surface area contributed by atoms with Crippen molar-refractivity contribution in [1.82, 2.24) is 9.88 Å². The highest BCUT2D eigenvalue weighted by molar-refractivity contribution is 5.97. The Morgan fingerprint density at radius 3 is 2.40 bits per heavy atom. The number of hydrogen-bond acceptors (Lipinski definition) is 5. The summed E-state index contributed by atoms with van der Waals surface area (Å²) in [5.41, 5.74) is 3.19. The minimum atomic E-state index is -1.47. The van der Waals surface area contributed by atoms with Crippen molar-refractivity contribution in [3.63, 3.8) is 0 Å². The number of nitrogens with zero attached hydrogens (tertiary/aromatic N) is 1. The monoisotopic (exact) mass is 575 g/mol. The van der Waals surface area contributed by atoms with Gasteiger partial charge in [0.2, 0.25) is 0 Å². The van der Waals surface area contributed by atoms with Gasteiger partial charge in [-0.2, -0.15) is 0 Å². The first-order chi connectivity index (χ1) is 20.1. The lowest BCUT2D eigenvalue weighted by molar-refractivity contribution is -0.139. The number of aromatic nitrogens is 1. The summed E-state index contributed by atoms with van der Waals surface area (Å²) >= 11 is 0. The van der Waals surface area contributed by atoms with Crippen molar-refractivity contribution in [1.29, 1.82) is 0 Å². The smallest absolute Gasteiger partial charge is 0.326 e. The minimum Gasteiger partial charge on any atom is -0.480 e. The molecule has 0 saturated carbocycles. The SMILES string of the molecule is CC[C@H](C)Nc1cc(F)c(C(=O)N[C@@H](Cc2ccc(-c3cc4ccccc4n(C)c3=O)c3c2COC3)C(=O)O)c(F)c1. The number of para-hydroxylation sites is 1. The maximum absolute atomic E-state index is 14.8. The van der Waals surface area contributed by atoms with Crippen LogP contribution in [-0.2, 0) is 36.2 Å². The fraction of sp³-hybridized carbons (Fsp3) is 0.281. The van der Waals surface area contributed by atoms with Gasteiger partial charge in [0.1, 0.15) is 23.2 Å². The molecule has 1 aliphatic rings. The van der Waals surface area contributed by atoms with Gasteiger partial charge in [0.25, 0.3) is 11.5 Å². The van der Waals surface area contributed by atoms with Crippen LogP contribution in [0.4, 0.5) is 14.5 Å². The van der Waals surface area contributed by atoms with Crippen LogP contribution in [-0.4, -0.2) is 33.6 Å². The van der Waals surface area contributed by atoms with Gasteiger partial charge in [-0.1, -0.05) is 37.3 Å². The van der Waals surface area contributed by atoms with Crippen LogP contribution in [0.15, 0.2) is 59.4 Å². The fourth-order valence-corrected chi connectivity index (χ4v) is 5.31. The molecule has 218 valence electrons. The zero-order valence-corrected chi connectivity index (χ0v) is 23.5. The highest BCUT2D eigenvalue weighted by atomic mass is 19.1. The number of hydrogen-bond donors (Lipinski definition) is 3. The Hall–Kier alpha value is -4.57. The van der Waals surface area contributed by atoms with Gasteiger partial charge in [0, 0.05) is 30.8 Å². The van der Waals surface area contributed by atoms with Crippen molar-refractivity contribution in [3.05, 3.63) is 98.8 Å². The molecule has 2 heterocycles. The number of halogens is 2. The third-order valence-corrected chi connectivity index (χ3v) is 7.77. The fourth-order valence-electron chi connectivity index (χ4n) is 5.31. The Balaban J connectivity index is 1.44. The maximum Gasteiger partial charge on any atom is 0.326 e. The molecule has 1 aliphatic heterocycles. The van der Waals surface area contributed by atoms with Gasteiger partial charge in [-0.25, -0.2) is 13.6 Å². The number of carbonyl (C=O) groups excluding carboxylic acids is 1. The Morgan fingerprint density at radius 1 is 1.02 bits per heavy atom. The van der Waals surface area contributed by atoms with Gasteiger partial charge in [-0.05, 0) is 65.3 Å². The number of carboxylic acids is 1. The first-order valence-corrected chi connectivity index (χ1v) is 13.7. The van der Waals surface area contributed by atoms with Crippen LogP contribution in [0.1, 0.15) is 47.3 Å². The van der Waals surface area contributed by atoms with E-state index in [9.17, 15) is 28.3 Å². The van der Waals surface area contributed by atoms with Crippen molar-refractivity contribution in [2.24, 2.45) is 7.05 Å². The van der Waals surface area contributed by atoms with E-state index in [1.807, 2.05) is 44.2 Å². The molecule has 0 saturated heterocycles. The van der Waals surface area contributed by atoms with E-state index < -0.39 is 35.1 Å². The lowest BCUT2D eigenvalue weighted by atomic mass is 9.91. The van der Waals surface area contributed by atoms with E-state index in [-0.39, 0.29) is 36.9 Å². The van der Waals surface area contributed by atoms with Crippen LogP contribution in [0.25, 0.3) is 22.0 Å². The minimum absolute atomic E-state index is 0.0405. The van der Waals surface area contributed by atoms with Crippen molar-refractivity contribution in [2.45, 2.75) is 52.0 Å². The number of benzene rings is 3. The van der Waals surface area contributed by atoms with Crippen LogP contribution >= 0.6 is 0 Å². The molecule has 3 aromatic carbocycles. The average Bonchev–Trinajstić information content (AvgIpc) is 3.45. The average molecular weight is 576 g/mol. The molecule has 0 fully saturated rings. The van der Waals surface area contributed by atoms with Crippen LogP contribution in [0.5, 0.6) is 0 Å². The van der Waals surface area contributed by atoms with E-state index >= 15 is 0 Å². The summed E-state index contributed by atoms with van der Waals surface area (Å²) in [6.07, 6.45) is 0.570. The van der Waals surface area contributed by atoms with Crippen molar-refractivity contribution < 1.29 is 28.2 Å².